The zero-order valence-electron chi connectivity index (χ0n) is 17.2. The number of aliphatic imine (C=N–C) groups is 1. The van der Waals surface area contributed by atoms with Gasteiger partial charge in [0.2, 0.25) is 0 Å². The van der Waals surface area contributed by atoms with Crippen LogP contribution in [-0.4, -0.2) is 45.8 Å². The van der Waals surface area contributed by atoms with Crippen molar-refractivity contribution in [1.82, 2.24) is 25.0 Å². The van der Waals surface area contributed by atoms with E-state index in [0.29, 0.717) is 24.7 Å². The molecule has 0 atom stereocenters. The third kappa shape index (κ3) is 7.13. The molecule has 30 heavy (non-hydrogen) atoms. The molecule has 1 aromatic carbocycles. The van der Waals surface area contributed by atoms with Gasteiger partial charge in [0.25, 0.3) is 0 Å². The first kappa shape index (κ1) is 24.4. The van der Waals surface area contributed by atoms with E-state index in [1.165, 1.54) is 4.88 Å². The molecule has 0 aliphatic heterocycles. The van der Waals surface area contributed by atoms with Crippen LogP contribution < -0.4 is 10.1 Å². The fourth-order valence-corrected chi connectivity index (χ4v) is 3.33. The molecular weight excluding hydrogens is 535 g/mol. The lowest BCUT2D eigenvalue weighted by atomic mass is 10.3. The lowest BCUT2D eigenvalue weighted by Crippen LogP contribution is -2.40. The van der Waals surface area contributed by atoms with Crippen LogP contribution in [0.4, 0.5) is 0 Å². The number of nitrogens with one attached hydrogen (secondary N) is 1. The zero-order valence-corrected chi connectivity index (χ0v) is 21.1. The standard InChI is InChI=1S/C20H25ClN6OS.HI/c1-15-24-25-19(27(15)3)14-23-20(22-13-18-5-4-12-29-18)26(2)10-11-28-17-8-6-16(21)7-9-17;/h4-9,12H,10-11,13-14H2,1-3H3,(H,22,23);1H. The van der Waals surface area contributed by atoms with Crippen molar-refractivity contribution in [2.75, 3.05) is 20.2 Å². The van der Waals surface area contributed by atoms with Crippen LogP contribution in [0.5, 0.6) is 5.75 Å². The molecule has 0 saturated heterocycles. The molecule has 0 spiro atoms. The second-order valence-corrected chi connectivity index (χ2v) is 7.99. The average Bonchev–Trinajstić information content (AvgIpc) is 3.34. The molecule has 0 radical (unpaired) electrons. The Labute approximate surface area is 203 Å². The maximum Gasteiger partial charge on any atom is 0.194 e. The van der Waals surface area contributed by atoms with E-state index in [1.54, 1.807) is 11.3 Å². The van der Waals surface area contributed by atoms with Crippen molar-refractivity contribution in [3.05, 3.63) is 63.3 Å². The minimum atomic E-state index is 0. The van der Waals surface area contributed by atoms with Gasteiger partial charge in [-0.3, -0.25) is 0 Å². The summed E-state index contributed by atoms with van der Waals surface area (Å²) in [6, 6.07) is 11.5. The number of aromatic nitrogens is 3. The topological polar surface area (TPSA) is 67.6 Å². The summed E-state index contributed by atoms with van der Waals surface area (Å²) >= 11 is 7.63. The van der Waals surface area contributed by atoms with E-state index in [9.17, 15) is 0 Å². The van der Waals surface area contributed by atoms with Crippen LogP contribution in [0.2, 0.25) is 5.02 Å². The van der Waals surface area contributed by atoms with Gasteiger partial charge >= 0.3 is 0 Å². The average molecular weight is 561 g/mol. The molecule has 0 bridgehead atoms. The van der Waals surface area contributed by atoms with Crippen LogP contribution in [0.15, 0.2) is 46.8 Å². The van der Waals surface area contributed by atoms with Crippen LogP contribution in [0, 0.1) is 6.92 Å². The minimum absolute atomic E-state index is 0. The van der Waals surface area contributed by atoms with Crippen molar-refractivity contribution >= 4 is 52.9 Å². The first-order chi connectivity index (χ1) is 14.0. The summed E-state index contributed by atoms with van der Waals surface area (Å²) in [5.41, 5.74) is 0. The Bertz CT molecular complexity index is 929. The first-order valence-corrected chi connectivity index (χ1v) is 10.5. The van der Waals surface area contributed by atoms with E-state index < -0.39 is 0 Å². The number of benzene rings is 1. The van der Waals surface area contributed by atoms with Crippen molar-refractivity contribution < 1.29 is 4.74 Å². The molecular formula is C20H26ClIN6OS. The van der Waals surface area contributed by atoms with Crippen molar-refractivity contribution in [1.29, 1.82) is 0 Å². The van der Waals surface area contributed by atoms with E-state index in [4.69, 9.17) is 21.3 Å². The van der Waals surface area contributed by atoms with Crippen molar-refractivity contribution in [2.45, 2.75) is 20.0 Å². The number of aryl methyl sites for hydroxylation is 1. The minimum Gasteiger partial charge on any atom is -0.492 e. The molecule has 1 N–H and O–H groups in total. The Hall–Kier alpha value is -1.85. The second-order valence-electron chi connectivity index (χ2n) is 6.52. The third-order valence-electron chi connectivity index (χ3n) is 4.42. The number of rotatable bonds is 8. The number of thiophene rings is 1. The number of hydrogen-bond acceptors (Lipinski definition) is 5. The Morgan fingerprint density at radius 3 is 2.67 bits per heavy atom. The van der Waals surface area contributed by atoms with Crippen LogP contribution in [-0.2, 0) is 20.1 Å². The molecule has 0 saturated carbocycles. The molecule has 162 valence electrons. The highest BCUT2D eigenvalue weighted by molar-refractivity contribution is 14.0. The van der Waals surface area contributed by atoms with Crippen molar-refractivity contribution in [2.24, 2.45) is 12.0 Å². The summed E-state index contributed by atoms with van der Waals surface area (Å²) in [5.74, 6) is 3.28. The van der Waals surface area contributed by atoms with Gasteiger partial charge in [0, 0.05) is 24.0 Å². The SMILES string of the molecule is Cc1nnc(CN=C(NCc2cccs2)N(C)CCOc2ccc(Cl)cc2)n1C.I. The predicted octanol–water partition coefficient (Wildman–Crippen LogP) is 4.11. The Morgan fingerprint density at radius 1 is 1.27 bits per heavy atom. The van der Waals surface area contributed by atoms with Gasteiger partial charge < -0.3 is 19.5 Å². The van der Waals surface area contributed by atoms with Crippen LogP contribution >= 0.6 is 46.9 Å². The smallest absolute Gasteiger partial charge is 0.194 e. The normalized spacial score (nSPS) is 11.1. The maximum absolute atomic E-state index is 5.91. The fourth-order valence-electron chi connectivity index (χ4n) is 2.56. The van der Waals surface area contributed by atoms with Crippen LogP contribution in [0.3, 0.4) is 0 Å². The van der Waals surface area contributed by atoms with Gasteiger partial charge in [-0.25, -0.2) is 4.99 Å². The van der Waals surface area contributed by atoms with Crippen LogP contribution in [0.1, 0.15) is 16.5 Å². The molecule has 0 amide bonds. The van der Waals surface area contributed by atoms with Gasteiger partial charge in [0.1, 0.15) is 24.7 Å². The molecule has 0 aliphatic carbocycles. The lowest BCUT2D eigenvalue weighted by molar-refractivity contribution is 0.281. The molecule has 2 aromatic heterocycles. The highest BCUT2D eigenvalue weighted by Gasteiger charge is 2.10. The van der Waals surface area contributed by atoms with E-state index in [-0.39, 0.29) is 24.0 Å². The fraction of sp³-hybridized carbons (Fsp3) is 0.350. The largest absolute Gasteiger partial charge is 0.492 e. The molecule has 3 aromatic rings. The monoisotopic (exact) mass is 560 g/mol. The number of nitrogens with zero attached hydrogens (tertiary/aromatic N) is 5. The highest BCUT2D eigenvalue weighted by Crippen LogP contribution is 2.15. The zero-order chi connectivity index (χ0) is 20.6. The summed E-state index contributed by atoms with van der Waals surface area (Å²) in [4.78, 5) is 8.04. The molecule has 0 fully saturated rings. The van der Waals surface area contributed by atoms with Gasteiger partial charge in [-0.1, -0.05) is 17.7 Å². The number of guanidine groups is 1. The van der Waals surface area contributed by atoms with Crippen molar-refractivity contribution in [3.8, 4) is 5.75 Å². The van der Waals surface area contributed by atoms with Gasteiger partial charge in [-0.15, -0.1) is 45.5 Å². The van der Waals surface area contributed by atoms with Crippen molar-refractivity contribution in [3.63, 3.8) is 0 Å². The number of halogens is 2. The summed E-state index contributed by atoms with van der Waals surface area (Å²) < 4.78 is 7.76. The molecule has 10 heteroatoms. The second kappa shape index (κ2) is 12.1. The first-order valence-electron chi connectivity index (χ1n) is 9.28. The number of likely N-dealkylation sites (N-methyl/N-ethyl adjacent to an activating group) is 1. The van der Waals surface area contributed by atoms with E-state index in [1.807, 2.05) is 60.8 Å². The molecule has 2 heterocycles. The molecule has 7 nitrogen and oxygen atoms in total. The molecule has 3 rings (SSSR count). The van der Waals surface area contributed by atoms with Gasteiger partial charge in [-0.2, -0.15) is 0 Å². The predicted molar refractivity (Wildman–Crippen MR) is 133 cm³/mol. The van der Waals surface area contributed by atoms with Crippen LogP contribution in [0.25, 0.3) is 0 Å². The maximum atomic E-state index is 5.91. The Kier molecular flexibility index (Phi) is 9.86. The Balaban J connectivity index is 0.00000320. The van der Waals surface area contributed by atoms with E-state index in [2.05, 4.69) is 27.0 Å². The lowest BCUT2D eigenvalue weighted by Gasteiger charge is -2.22. The van der Waals surface area contributed by atoms with E-state index >= 15 is 0 Å². The summed E-state index contributed by atoms with van der Waals surface area (Å²) in [5, 5.41) is 14.5. The van der Waals surface area contributed by atoms with Gasteiger partial charge in [-0.05, 0) is 42.6 Å². The van der Waals surface area contributed by atoms with E-state index in [0.717, 1.165) is 29.9 Å². The highest BCUT2D eigenvalue weighted by atomic mass is 127. The quantitative estimate of drug-likeness (QED) is 0.255. The molecule has 0 aliphatic rings. The van der Waals surface area contributed by atoms with Gasteiger partial charge in [0.05, 0.1) is 13.1 Å². The third-order valence-corrected chi connectivity index (χ3v) is 5.55. The summed E-state index contributed by atoms with van der Waals surface area (Å²) in [6.45, 7) is 4.30. The van der Waals surface area contributed by atoms with Gasteiger partial charge in [0.15, 0.2) is 11.8 Å². The number of hydrogen-bond donors (Lipinski definition) is 1. The number of ether oxygens (including phenoxy) is 1. The summed E-state index contributed by atoms with van der Waals surface area (Å²) in [7, 11) is 3.94. The molecule has 0 unspecified atom stereocenters. The Morgan fingerprint density at radius 2 is 2.03 bits per heavy atom. The summed E-state index contributed by atoms with van der Waals surface area (Å²) in [6.07, 6.45) is 0.